The van der Waals surface area contributed by atoms with Gasteiger partial charge in [-0.15, -0.1) is 0 Å². The number of halogens is 1. The van der Waals surface area contributed by atoms with Gasteiger partial charge in [0.15, 0.2) is 11.3 Å². The van der Waals surface area contributed by atoms with Crippen molar-refractivity contribution in [1.29, 1.82) is 0 Å². The van der Waals surface area contributed by atoms with Crippen LogP contribution in [-0.4, -0.2) is 7.11 Å². The van der Waals surface area contributed by atoms with Crippen LogP contribution >= 0.6 is 11.6 Å². The van der Waals surface area contributed by atoms with E-state index in [2.05, 4.69) is 0 Å². The van der Waals surface area contributed by atoms with Gasteiger partial charge in [-0.3, -0.25) is 0 Å². The number of rotatable bonds is 1. The lowest BCUT2D eigenvalue weighted by Gasteiger charge is -2.03. The number of benzene rings is 1. The number of hydrogen-bond acceptors (Lipinski definition) is 3. The van der Waals surface area contributed by atoms with Gasteiger partial charge in [-0.05, 0) is 12.1 Å². The second kappa shape index (κ2) is 3.35. The van der Waals surface area contributed by atoms with E-state index in [0.29, 0.717) is 21.7 Å². The zero-order valence-corrected chi connectivity index (χ0v) is 8.17. The van der Waals surface area contributed by atoms with Gasteiger partial charge in [0.05, 0.1) is 12.1 Å². The summed E-state index contributed by atoms with van der Waals surface area (Å²) in [6.45, 7) is 0. The molecule has 0 amide bonds. The van der Waals surface area contributed by atoms with E-state index in [4.69, 9.17) is 20.8 Å². The Morgan fingerprint density at radius 1 is 1.43 bits per heavy atom. The van der Waals surface area contributed by atoms with E-state index in [1.54, 1.807) is 18.2 Å². The highest BCUT2D eigenvalue weighted by Gasteiger charge is 2.07. The molecule has 4 heteroatoms. The van der Waals surface area contributed by atoms with Crippen LogP contribution in [0.2, 0.25) is 5.02 Å². The number of para-hydroxylation sites is 1. The minimum absolute atomic E-state index is 0.371. The van der Waals surface area contributed by atoms with Gasteiger partial charge in [0, 0.05) is 11.5 Å². The summed E-state index contributed by atoms with van der Waals surface area (Å²) in [6.07, 6.45) is 0. The van der Waals surface area contributed by atoms with Crippen LogP contribution in [0.15, 0.2) is 33.5 Å². The minimum Gasteiger partial charge on any atom is -0.493 e. The van der Waals surface area contributed by atoms with Crippen molar-refractivity contribution in [2.45, 2.75) is 0 Å². The molecule has 0 spiro atoms. The fourth-order valence-electron chi connectivity index (χ4n) is 1.28. The molecule has 2 rings (SSSR count). The van der Waals surface area contributed by atoms with Crippen LogP contribution in [0.1, 0.15) is 0 Å². The molecule has 0 bridgehead atoms. The van der Waals surface area contributed by atoms with Crippen LogP contribution in [0.5, 0.6) is 5.75 Å². The molecule has 1 heterocycles. The predicted octanol–water partition coefficient (Wildman–Crippen LogP) is 2.46. The molecule has 0 saturated carbocycles. The van der Waals surface area contributed by atoms with Crippen LogP contribution < -0.4 is 10.4 Å². The first-order valence-electron chi connectivity index (χ1n) is 3.99. The standard InChI is InChI=1S/C10H7ClO3/c1-13-8-4-2-3-6-7(11)5-9(12)14-10(6)8/h2-5H,1H3. The molecule has 0 aliphatic rings. The molecule has 0 unspecified atom stereocenters. The van der Waals surface area contributed by atoms with Gasteiger partial charge < -0.3 is 9.15 Å². The summed E-state index contributed by atoms with van der Waals surface area (Å²) in [6, 6.07) is 6.50. The molecule has 0 saturated heterocycles. The summed E-state index contributed by atoms with van der Waals surface area (Å²) >= 11 is 5.88. The largest absolute Gasteiger partial charge is 0.493 e. The van der Waals surface area contributed by atoms with E-state index >= 15 is 0 Å². The molecule has 0 aliphatic heterocycles. The van der Waals surface area contributed by atoms with Crippen molar-refractivity contribution in [3.8, 4) is 5.75 Å². The molecule has 1 aromatic carbocycles. The fraction of sp³-hybridized carbons (Fsp3) is 0.100. The first kappa shape index (κ1) is 9.09. The van der Waals surface area contributed by atoms with Gasteiger partial charge >= 0.3 is 5.63 Å². The second-order valence-corrected chi connectivity index (χ2v) is 3.16. The van der Waals surface area contributed by atoms with Crippen molar-refractivity contribution in [1.82, 2.24) is 0 Å². The summed E-state index contributed by atoms with van der Waals surface area (Å²) in [5.41, 5.74) is -0.0977. The molecule has 14 heavy (non-hydrogen) atoms. The van der Waals surface area contributed by atoms with Crippen molar-refractivity contribution in [3.05, 3.63) is 39.7 Å². The Labute approximate surface area is 84.9 Å². The van der Waals surface area contributed by atoms with Crippen LogP contribution in [0.4, 0.5) is 0 Å². The maximum atomic E-state index is 11.1. The molecule has 2 aromatic rings. The molecule has 1 aromatic heterocycles. The second-order valence-electron chi connectivity index (χ2n) is 2.75. The monoisotopic (exact) mass is 210 g/mol. The fourth-order valence-corrected chi connectivity index (χ4v) is 1.52. The van der Waals surface area contributed by atoms with Crippen molar-refractivity contribution in [3.63, 3.8) is 0 Å². The lowest BCUT2D eigenvalue weighted by molar-refractivity contribution is 0.407. The van der Waals surface area contributed by atoms with E-state index in [9.17, 15) is 4.79 Å². The maximum absolute atomic E-state index is 11.1. The smallest absolute Gasteiger partial charge is 0.337 e. The quantitative estimate of drug-likeness (QED) is 0.679. The third kappa shape index (κ3) is 1.36. The number of fused-ring (bicyclic) bond motifs is 1. The highest BCUT2D eigenvalue weighted by molar-refractivity contribution is 6.35. The Balaban J connectivity index is 2.93. The van der Waals surface area contributed by atoms with Crippen LogP contribution in [-0.2, 0) is 0 Å². The highest BCUT2D eigenvalue weighted by atomic mass is 35.5. The molecule has 0 fully saturated rings. The molecule has 0 atom stereocenters. The first-order chi connectivity index (χ1) is 6.72. The van der Waals surface area contributed by atoms with E-state index in [0.717, 1.165) is 0 Å². The Kier molecular flexibility index (Phi) is 2.17. The number of methoxy groups -OCH3 is 1. The molecule has 0 N–H and O–H groups in total. The van der Waals surface area contributed by atoms with Crippen LogP contribution in [0.25, 0.3) is 11.0 Å². The topological polar surface area (TPSA) is 39.4 Å². The summed E-state index contributed by atoms with van der Waals surface area (Å²) in [4.78, 5) is 11.1. The van der Waals surface area contributed by atoms with Gasteiger partial charge in [-0.2, -0.15) is 0 Å². The Bertz CT molecular complexity index is 530. The summed E-state index contributed by atoms with van der Waals surface area (Å²) in [7, 11) is 1.51. The minimum atomic E-state index is -0.480. The third-order valence-electron chi connectivity index (χ3n) is 1.90. The van der Waals surface area contributed by atoms with Crippen LogP contribution in [0.3, 0.4) is 0 Å². The third-order valence-corrected chi connectivity index (χ3v) is 2.22. The molecule has 0 radical (unpaired) electrons. The van der Waals surface area contributed by atoms with E-state index < -0.39 is 5.63 Å². The summed E-state index contributed by atoms with van der Waals surface area (Å²) in [5.74, 6) is 0.502. The Morgan fingerprint density at radius 2 is 2.21 bits per heavy atom. The predicted molar refractivity (Wildman–Crippen MR) is 54.0 cm³/mol. The summed E-state index contributed by atoms with van der Waals surface area (Å²) < 4.78 is 10.0. The number of ether oxygens (including phenoxy) is 1. The normalized spacial score (nSPS) is 10.4. The summed E-state index contributed by atoms with van der Waals surface area (Å²) in [5, 5.41) is 1.04. The van der Waals surface area contributed by atoms with Gasteiger partial charge in [-0.1, -0.05) is 17.7 Å². The van der Waals surface area contributed by atoms with Crippen molar-refractivity contribution < 1.29 is 9.15 Å². The van der Waals surface area contributed by atoms with E-state index in [1.807, 2.05) is 0 Å². The average molecular weight is 211 g/mol. The van der Waals surface area contributed by atoms with E-state index in [-0.39, 0.29) is 0 Å². The van der Waals surface area contributed by atoms with Crippen molar-refractivity contribution in [2.24, 2.45) is 0 Å². The van der Waals surface area contributed by atoms with Crippen LogP contribution in [0, 0.1) is 0 Å². The van der Waals surface area contributed by atoms with Gasteiger partial charge in [0.25, 0.3) is 0 Å². The van der Waals surface area contributed by atoms with Crippen molar-refractivity contribution in [2.75, 3.05) is 7.11 Å². The average Bonchev–Trinajstić information content (AvgIpc) is 2.17. The molecule has 72 valence electrons. The Morgan fingerprint density at radius 3 is 2.93 bits per heavy atom. The van der Waals surface area contributed by atoms with E-state index in [1.165, 1.54) is 13.2 Å². The van der Waals surface area contributed by atoms with Gasteiger partial charge in [0.1, 0.15) is 0 Å². The molecule has 0 aliphatic carbocycles. The zero-order valence-electron chi connectivity index (χ0n) is 7.41. The van der Waals surface area contributed by atoms with Gasteiger partial charge in [0.2, 0.25) is 0 Å². The number of hydrogen-bond donors (Lipinski definition) is 0. The molecular formula is C10H7ClO3. The zero-order chi connectivity index (χ0) is 10.1. The Hall–Kier alpha value is -1.48. The molecular weight excluding hydrogens is 204 g/mol. The maximum Gasteiger partial charge on any atom is 0.337 e. The van der Waals surface area contributed by atoms with Gasteiger partial charge in [-0.25, -0.2) is 4.79 Å². The lowest BCUT2D eigenvalue weighted by Crippen LogP contribution is -1.97. The molecule has 3 nitrogen and oxygen atoms in total. The lowest BCUT2D eigenvalue weighted by atomic mass is 10.2. The highest BCUT2D eigenvalue weighted by Crippen LogP contribution is 2.28. The van der Waals surface area contributed by atoms with Crippen molar-refractivity contribution >= 4 is 22.6 Å². The SMILES string of the molecule is COc1cccc2c(Cl)cc(=O)oc12. The first-order valence-corrected chi connectivity index (χ1v) is 4.36.